The summed E-state index contributed by atoms with van der Waals surface area (Å²) in [6.07, 6.45) is 6.44. The average molecular weight is 492 g/mol. The summed E-state index contributed by atoms with van der Waals surface area (Å²) in [6.45, 7) is 0.964. The zero-order chi connectivity index (χ0) is 24.0. The summed E-state index contributed by atoms with van der Waals surface area (Å²) in [4.78, 5) is 27.3. The Kier molecular flexibility index (Phi) is 5.85. The number of sulfonamides is 1. The highest BCUT2D eigenvalue weighted by Crippen LogP contribution is 2.38. The van der Waals surface area contributed by atoms with Crippen molar-refractivity contribution in [3.8, 4) is 0 Å². The van der Waals surface area contributed by atoms with E-state index in [4.69, 9.17) is 4.74 Å². The zero-order valence-electron chi connectivity index (χ0n) is 19.4. The van der Waals surface area contributed by atoms with Crippen molar-refractivity contribution in [2.45, 2.75) is 56.1 Å². The van der Waals surface area contributed by atoms with Crippen molar-refractivity contribution in [1.82, 2.24) is 19.4 Å². The number of urea groups is 1. The van der Waals surface area contributed by atoms with Crippen LogP contribution in [0.5, 0.6) is 0 Å². The average Bonchev–Trinajstić information content (AvgIpc) is 3.58. The second kappa shape index (κ2) is 8.70. The predicted octanol–water partition coefficient (Wildman–Crippen LogP) is 2.26. The standard InChI is InChI=1S/C23H29N5O5S.2H2/c1-27-19(22(29)28-10-9-16(13-28)33-2)12-20(25-27)34(31,32)26-23(30)24-21-17-7-3-5-14(17)11-15-6-4-8-18(15)21;;/h11-12,16H,3-10,13H2,1-2H3,(H2,24,26,30);2*1H. The topological polar surface area (TPSA) is 123 Å². The maximum absolute atomic E-state index is 12.9. The quantitative estimate of drug-likeness (QED) is 0.662. The van der Waals surface area contributed by atoms with E-state index < -0.39 is 16.1 Å². The molecule has 1 atom stereocenters. The van der Waals surface area contributed by atoms with E-state index in [0.29, 0.717) is 13.1 Å². The van der Waals surface area contributed by atoms with Crippen LogP contribution in [0.1, 0.15) is 54.9 Å². The van der Waals surface area contributed by atoms with Crippen LogP contribution in [0, 0.1) is 0 Å². The maximum Gasteiger partial charge on any atom is 0.333 e. The van der Waals surface area contributed by atoms with E-state index in [1.807, 2.05) is 0 Å². The van der Waals surface area contributed by atoms with Gasteiger partial charge < -0.3 is 15.0 Å². The molecule has 1 fully saturated rings. The Hall–Kier alpha value is -2.92. The van der Waals surface area contributed by atoms with Crippen molar-refractivity contribution < 1.29 is 25.6 Å². The summed E-state index contributed by atoms with van der Waals surface area (Å²) in [5.41, 5.74) is 5.59. The van der Waals surface area contributed by atoms with Gasteiger partial charge in [-0.05, 0) is 67.2 Å². The van der Waals surface area contributed by atoms with E-state index in [1.165, 1.54) is 28.9 Å². The van der Waals surface area contributed by atoms with Gasteiger partial charge in [-0.1, -0.05) is 6.07 Å². The molecule has 0 spiro atoms. The number of nitrogens with one attached hydrogen (secondary N) is 2. The van der Waals surface area contributed by atoms with Gasteiger partial charge in [-0.25, -0.2) is 9.52 Å². The molecule has 2 heterocycles. The van der Waals surface area contributed by atoms with Crippen LogP contribution in [0.2, 0.25) is 0 Å². The number of likely N-dealkylation sites (tertiary alicyclic amines) is 1. The van der Waals surface area contributed by atoms with Gasteiger partial charge >= 0.3 is 6.03 Å². The fourth-order valence-corrected chi connectivity index (χ4v) is 6.22. The minimum Gasteiger partial charge on any atom is -0.380 e. The molecule has 2 N–H and O–H groups in total. The lowest BCUT2D eigenvalue weighted by Crippen LogP contribution is -2.35. The van der Waals surface area contributed by atoms with Gasteiger partial charge in [0.25, 0.3) is 15.9 Å². The Labute approximate surface area is 201 Å². The lowest BCUT2D eigenvalue weighted by atomic mass is 9.99. The molecule has 11 heteroatoms. The molecule has 5 rings (SSSR count). The highest BCUT2D eigenvalue weighted by molar-refractivity contribution is 7.90. The minimum atomic E-state index is -4.27. The number of fused-ring (bicyclic) bond motifs is 2. The Morgan fingerprint density at radius 1 is 1.12 bits per heavy atom. The highest BCUT2D eigenvalue weighted by atomic mass is 32.2. The SMILES string of the molecule is COC1CCN(C(=O)c2cc(S(=O)(=O)NC(=O)Nc3c4c(cc5c3CCC5)CCC4)nn2C)C1.[HH].[HH]. The molecule has 2 aliphatic carbocycles. The normalized spacial score (nSPS) is 19.2. The van der Waals surface area contributed by atoms with Crippen LogP contribution < -0.4 is 10.0 Å². The van der Waals surface area contributed by atoms with Crippen molar-refractivity contribution in [3.63, 3.8) is 0 Å². The Morgan fingerprint density at radius 3 is 2.41 bits per heavy atom. The highest BCUT2D eigenvalue weighted by Gasteiger charge is 2.31. The van der Waals surface area contributed by atoms with Crippen LogP contribution in [-0.4, -0.2) is 61.3 Å². The minimum absolute atomic E-state index is 0. The maximum atomic E-state index is 12.9. The number of ether oxygens (including phenoxy) is 1. The molecular weight excluding hydrogens is 458 g/mol. The largest absolute Gasteiger partial charge is 0.380 e. The van der Waals surface area contributed by atoms with Crippen LogP contribution in [-0.2, 0) is 47.5 Å². The van der Waals surface area contributed by atoms with Crippen LogP contribution in [0.3, 0.4) is 0 Å². The molecule has 3 amide bonds. The summed E-state index contributed by atoms with van der Waals surface area (Å²) in [6, 6.07) is 2.62. The number of aryl methyl sites for hydroxylation is 3. The van der Waals surface area contributed by atoms with Gasteiger partial charge in [0.05, 0.1) is 6.10 Å². The molecule has 0 saturated carbocycles. The van der Waals surface area contributed by atoms with E-state index in [-0.39, 0.29) is 25.6 Å². The van der Waals surface area contributed by atoms with Crippen LogP contribution in [0.15, 0.2) is 17.2 Å². The Balaban J connectivity index is 0.00000180. The number of carbonyl (C=O) groups is 2. The van der Waals surface area contributed by atoms with E-state index >= 15 is 0 Å². The molecule has 0 radical (unpaired) electrons. The van der Waals surface area contributed by atoms with Gasteiger partial charge in [-0.3, -0.25) is 9.48 Å². The molecule has 1 saturated heterocycles. The van der Waals surface area contributed by atoms with Crippen molar-refractivity contribution in [2.75, 3.05) is 25.5 Å². The molecule has 10 nitrogen and oxygen atoms in total. The third-order valence-corrected chi connectivity index (χ3v) is 8.26. The first kappa shape index (κ1) is 22.9. The van der Waals surface area contributed by atoms with Gasteiger partial charge in [-0.2, -0.15) is 13.5 Å². The van der Waals surface area contributed by atoms with Crippen molar-refractivity contribution >= 4 is 27.6 Å². The molecular formula is C23H33N5O5S. The number of benzene rings is 1. The van der Waals surface area contributed by atoms with Crippen molar-refractivity contribution in [3.05, 3.63) is 40.1 Å². The number of methoxy groups -OCH3 is 1. The van der Waals surface area contributed by atoms with E-state index in [2.05, 4.69) is 21.2 Å². The van der Waals surface area contributed by atoms with E-state index in [9.17, 15) is 18.0 Å². The van der Waals surface area contributed by atoms with Crippen molar-refractivity contribution in [2.24, 2.45) is 7.05 Å². The zero-order valence-corrected chi connectivity index (χ0v) is 20.2. The molecule has 0 bridgehead atoms. The third-order valence-electron chi connectivity index (χ3n) is 7.06. The number of aromatic nitrogens is 2. The number of nitrogens with zero attached hydrogens (tertiary/aromatic N) is 3. The first-order chi connectivity index (χ1) is 16.3. The molecule has 1 unspecified atom stereocenters. The second-order valence-corrected chi connectivity index (χ2v) is 10.8. The monoisotopic (exact) mass is 491 g/mol. The molecule has 1 aromatic carbocycles. The molecule has 2 aromatic rings. The number of hydrogen-bond acceptors (Lipinski definition) is 6. The smallest absolute Gasteiger partial charge is 0.333 e. The lowest BCUT2D eigenvalue weighted by Gasteiger charge is -2.16. The molecule has 186 valence electrons. The van der Waals surface area contributed by atoms with Gasteiger partial charge in [0.1, 0.15) is 5.69 Å². The van der Waals surface area contributed by atoms with Crippen LogP contribution in [0.4, 0.5) is 10.5 Å². The van der Waals surface area contributed by atoms with Crippen LogP contribution >= 0.6 is 0 Å². The van der Waals surface area contributed by atoms with Gasteiger partial charge in [-0.15, -0.1) is 0 Å². The fourth-order valence-electron chi connectivity index (χ4n) is 5.32. The van der Waals surface area contributed by atoms with Gasteiger partial charge in [0, 0.05) is 41.9 Å². The van der Waals surface area contributed by atoms with Gasteiger partial charge in [0.2, 0.25) is 0 Å². The summed E-state index contributed by atoms with van der Waals surface area (Å²) in [5.74, 6) is -0.323. The number of carbonyl (C=O) groups excluding carboxylic acids is 2. The first-order valence-corrected chi connectivity index (χ1v) is 13.1. The Bertz CT molecular complexity index is 1250. The molecule has 1 aliphatic heterocycles. The molecule has 34 heavy (non-hydrogen) atoms. The summed E-state index contributed by atoms with van der Waals surface area (Å²) < 4.78 is 34.4. The first-order valence-electron chi connectivity index (χ1n) is 11.6. The third kappa shape index (κ3) is 4.07. The number of amides is 3. The molecule has 3 aliphatic rings. The number of hydrogen-bond donors (Lipinski definition) is 2. The summed E-state index contributed by atoms with van der Waals surface area (Å²) in [5, 5.41) is 6.44. The van der Waals surface area contributed by atoms with E-state index in [1.54, 1.807) is 12.0 Å². The predicted molar refractivity (Wildman–Crippen MR) is 129 cm³/mol. The second-order valence-electron chi connectivity index (χ2n) is 9.18. The lowest BCUT2D eigenvalue weighted by molar-refractivity contribution is 0.0714. The number of rotatable bonds is 5. The van der Waals surface area contributed by atoms with Gasteiger partial charge in [0.15, 0.2) is 5.03 Å². The van der Waals surface area contributed by atoms with Crippen molar-refractivity contribution in [1.29, 1.82) is 0 Å². The Morgan fingerprint density at radius 2 is 1.79 bits per heavy atom. The van der Waals surface area contributed by atoms with E-state index in [0.717, 1.165) is 61.8 Å². The molecule has 1 aromatic heterocycles. The number of anilines is 1. The summed E-state index contributed by atoms with van der Waals surface area (Å²) in [7, 11) is -1.17. The summed E-state index contributed by atoms with van der Waals surface area (Å²) >= 11 is 0. The fraction of sp³-hybridized carbons (Fsp3) is 0.522. The van der Waals surface area contributed by atoms with Crippen LogP contribution in [0.25, 0.3) is 0 Å².